The molecule has 0 radical (unpaired) electrons. The fourth-order valence-corrected chi connectivity index (χ4v) is 3.19. The van der Waals surface area contributed by atoms with Crippen molar-refractivity contribution in [1.29, 1.82) is 0 Å². The Labute approximate surface area is 128 Å². The Bertz CT molecular complexity index is 459. The molecular weight excluding hydrogens is 263 g/mol. The molecule has 0 aliphatic carbocycles. The summed E-state index contributed by atoms with van der Waals surface area (Å²) >= 11 is 0. The van der Waals surface area contributed by atoms with Gasteiger partial charge < -0.3 is 5.32 Å². The average Bonchev–Trinajstić information content (AvgIpc) is 2.71. The monoisotopic (exact) mass is 292 g/mol. The molecule has 1 aromatic rings. The van der Waals surface area contributed by atoms with Crippen LogP contribution in [0.2, 0.25) is 0 Å². The molecule has 2 unspecified atom stereocenters. The van der Waals surface area contributed by atoms with E-state index >= 15 is 0 Å². The summed E-state index contributed by atoms with van der Waals surface area (Å²) in [7, 11) is 0. The minimum Gasteiger partial charge on any atom is -0.312 e. The maximum atomic E-state index is 14.1. The van der Waals surface area contributed by atoms with E-state index in [2.05, 4.69) is 37.9 Å². The quantitative estimate of drug-likeness (QED) is 0.858. The number of benzene rings is 1. The normalized spacial score (nSPS) is 23.1. The fraction of sp³-hybridized carbons (Fsp3) is 0.667. The van der Waals surface area contributed by atoms with Gasteiger partial charge in [-0.3, -0.25) is 4.90 Å². The molecule has 0 amide bonds. The molecule has 2 atom stereocenters. The predicted molar refractivity (Wildman–Crippen MR) is 86.6 cm³/mol. The highest BCUT2D eigenvalue weighted by atomic mass is 19.1. The molecule has 0 aromatic heterocycles. The number of nitrogens with zero attached hydrogens (tertiary/aromatic N) is 1. The van der Waals surface area contributed by atoms with Crippen LogP contribution in [0.15, 0.2) is 18.2 Å². The molecular formula is C18H29FN2. The minimum absolute atomic E-state index is 0.0747. The first-order valence-corrected chi connectivity index (χ1v) is 8.17. The zero-order chi connectivity index (χ0) is 15.4. The van der Waals surface area contributed by atoms with Crippen LogP contribution in [0.25, 0.3) is 0 Å². The van der Waals surface area contributed by atoms with E-state index in [-0.39, 0.29) is 5.82 Å². The first kappa shape index (κ1) is 16.4. The molecule has 1 heterocycles. The van der Waals surface area contributed by atoms with Crippen LogP contribution in [0.3, 0.4) is 0 Å². The third-order valence-electron chi connectivity index (χ3n) is 4.28. The molecule has 1 aliphatic rings. The Morgan fingerprint density at radius 3 is 2.71 bits per heavy atom. The summed E-state index contributed by atoms with van der Waals surface area (Å²) in [6.45, 7) is 12.5. The van der Waals surface area contributed by atoms with Gasteiger partial charge in [-0.25, -0.2) is 4.39 Å². The van der Waals surface area contributed by atoms with Gasteiger partial charge in [-0.1, -0.05) is 32.9 Å². The topological polar surface area (TPSA) is 15.3 Å². The van der Waals surface area contributed by atoms with Gasteiger partial charge in [0.05, 0.1) is 0 Å². The second-order valence-corrected chi connectivity index (χ2v) is 7.07. The summed E-state index contributed by atoms with van der Waals surface area (Å²) in [5, 5.41) is 3.42. The van der Waals surface area contributed by atoms with Crippen LogP contribution in [0.4, 0.5) is 4.39 Å². The predicted octanol–water partition coefficient (Wildman–Crippen LogP) is 3.80. The van der Waals surface area contributed by atoms with E-state index in [0.717, 1.165) is 37.7 Å². The van der Waals surface area contributed by atoms with Crippen LogP contribution < -0.4 is 5.32 Å². The van der Waals surface area contributed by atoms with Crippen molar-refractivity contribution in [2.45, 2.75) is 53.2 Å². The summed E-state index contributed by atoms with van der Waals surface area (Å²) in [6, 6.07) is 6.09. The molecule has 2 rings (SSSR count). The molecule has 2 nitrogen and oxygen atoms in total. The van der Waals surface area contributed by atoms with Gasteiger partial charge in [0, 0.05) is 31.2 Å². The molecule has 1 aliphatic heterocycles. The average molecular weight is 292 g/mol. The Kier molecular flexibility index (Phi) is 5.77. The highest BCUT2D eigenvalue weighted by molar-refractivity contribution is 5.25. The highest BCUT2D eigenvalue weighted by Crippen LogP contribution is 2.25. The zero-order valence-corrected chi connectivity index (χ0v) is 13.8. The maximum Gasteiger partial charge on any atom is 0.127 e. The molecule has 0 bridgehead atoms. The van der Waals surface area contributed by atoms with Gasteiger partial charge in [0.15, 0.2) is 0 Å². The van der Waals surface area contributed by atoms with Crippen LogP contribution in [-0.4, -0.2) is 24.0 Å². The maximum absolute atomic E-state index is 14.1. The summed E-state index contributed by atoms with van der Waals surface area (Å²) in [6.07, 6.45) is 1.22. The largest absolute Gasteiger partial charge is 0.312 e. The molecule has 1 saturated heterocycles. The molecule has 1 N–H and O–H groups in total. The summed E-state index contributed by atoms with van der Waals surface area (Å²) in [5.74, 6) is 1.28. The minimum atomic E-state index is -0.0747. The lowest BCUT2D eigenvalue weighted by atomic mass is 10.1. The standard InChI is InChI=1S/C18H29FN2/c1-13(2)9-20-10-16-5-6-18(19)17(8-16)12-21-11-14(3)7-15(21)4/h5-6,8,13-15,20H,7,9-12H2,1-4H3. The Morgan fingerprint density at radius 1 is 1.33 bits per heavy atom. The van der Waals surface area contributed by atoms with E-state index in [1.54, 1.807) is 6.07 Å². The number of halogens is 1. The third kappa shape index (κ3) is 4.79. The lowest BCUT2D eigenvalue weighted by molar-refractivity contribution is 0.253. The second-order valence-electron chi connectivity index (χ2n) is 7.07. The number of hydrogen-bond acceptors (Lipinski definition) is 2. The van der Waals surface area contributed by atoms with Gasteiger partial charge in [-0.2, -0.15) is 0 Å². The molecule has 21 heavy (non-hydrogen) atoms. The fourth-order valence-electron chi connectivity index (χ4n) is 3.19. The van der Waals surface area contributed by atoms with Crippen molar-refractivity contribution in [3.8, 4) is 0 Å². The lowest BCUT2D eigenvalue weighted by Gasteiger charge is -2.21. The van der Waals surface area contributed by atoms with Gasteiger partial charge in [-0.05, 0) is 43.4 Å². The second kappa shape index (κ2) is 7.37. The van der Waals surface area contributed by atoms with Gasteiger partial charge in [0.2, 0.25) is 0 Å². The third-order valence-corrected chi connectivity index (χ3v) is 4.28. The van der Waals surface area contributed by atoms with Crippen LogP contribution >= 0.6 is 0 Å². The molecule has 3 heteroatoms. The zero-order valence-electron chi connectivity index (χ0n) is 13.8. The van der Waals surface area contributed by atoms with E-state index < -0.39 is 0 Å². The Morgan fingerprint density at radius 2 is 2.10 bits per heavy atom. The van der Waals surface area contributed by atoms with Crippen LogP contribution in [0.1, 0.15) is 45.2 Å². The van der Waals surface area contributed by atoms with Gasteiger partial charge >= 0.3 is 0 Å². The first-order valence-electron chi connectivity index (χ1n) is 8.17. The van der Waals surface area contributed by atoms with Gasteiger partial charge in [-0.15, -0.1) is 0 Å². The van der Waals surface area contributed by atoms with E-state index in [9.17, 15) is 4.39 Å². The Hall–Kier alpha value is -0.930. The van der Waals surface area contributed by atoms with E-state index in [1.165, 1.54) is 12.0 Å². The van der Waals surface area contributed by atoms with Crippen LogP contribution in [0, 0.1) is 17.7 Å². The van der Waals surface area contributed by atoms with E-state index in [0.29, 0.717) is 12.0 Å². The smallest absolute Gasteiger partial charge is 0.127 e. The van der Waals surface area contributed by atoms with Crippen LogP contribution in [0.5, 0.6) is 0 Å². The molecule has 1 fully saturated rings. The molecule has 0 spiro atoms. The summed E-state index contributed by atoms with van der Waals surface area (Å²) < 4.78 is 14.1. The molecule has 0 saturated carbocycles. The van der Waals surface area contributed by atoms with Gasteiger partial charge in [0.25, 0.3) is 0 Å². The van der Waals surface area contributed by atoms with Crippen molar-refractivity contribution in [3.63, 3.8) is 0 Å². The van der Waals surface area contributed by atoms with Crippen molar-refractivity contribution >= 4 is 0 Å². The van der Waals surface area contributed by atoms with Crippen molar-refractivity contribution in [1.82, 2.24) is 10.2 Å². The van der Waals surface area contributed by atoms with Crippen molar-refractivity contribution in [3.05, 3.63) is 35.1 Å². The highest BCUT2D eigenvalue weighted by Gasteiger charge is 2.26. The Balaban J connectivity index is 1.98. The molecule has 1 aromatic carbocycles. The SMILES string of the molecule is CC(C)CNCc1ccc(F)c(CN2CC(C)CC2C)c1. The van der Waals surface area contributed by atoms with Crippen molar-refractivity contribution in [2.75, 3.05) is 13.1 Å². The number of nitrogens with one attached hydrogen (secondary N) is 1. The number of likely N-dealkylation sites (tertiary alicyclic amines) is 1. The first-order chi connectivity index (χ1) is 9.95. The van der Waals surface area contributed by atoms with Crippen molar-refractivity contribution in [2.24, 2.45) is 11.8 Å². The van der Waals surface area contributed by atoms with Crippen LogP contribution in [-0.2, 0) is 13.1 Å². The lowest BCUT2D eigenvalue weighted by Crippen LogP contribution is -2.27. The molecule has 118 valence electrons. The number of rotatable bonds is 6. The van der Waals surface area contributed by atoms with Crippen molar-refractivity contribution < 1.29 is 4.39 Å². The van der Waals surface area contributed by atoms with E-state index in [1.807, 2.05) is 12.1 Å². The summed E-state index contributed by atoms with van der Waals surface area (Å²) in [5.41, 5.74) is 2.01. The van der Waals surface area contributed by atoms with E-state index in [4.69, 9.17) is 0 Å². The number of hydrogen-bond donors (Lipinski definition) is 1. The van der Waals surface area contributed by atoms with Gasteiger partial charge in [0.1, 0.15) is 5.82 Å². The summed E-state index contributed by atoms with van der Waals surface area (Å²) in [4.78, 5) is 2.40.